The molecule has 1 saturated carbocycles. The monoisotopic (exact) mass is 306 g/mol. The maximum Gasteiger partial charge on any atom is 0.224 e. The number of carbonyl (C=O) groups is 2. The molecule has 0 spiro atoms. The lowest BCUT2D eigenvalue weighted by Crippen LogP contribution is -2.56. The molecule has 0 aromatic heterocycles. The third-order valence-electron chi connectivity index (χ3n) is 4.35. The molecule has 22 heavy (non-hydrogen) atoms. The van der Waals surface area contributed by atoms with E-state index in [1.54, 1.807) is 0 Å². The van der Waals surface area contributed by atoms with Crippen molar-refractivity contribution in [3.8, 4) is 0 Å². The smallest absolute Gasteiger partial charge is 0.224 e. The van der Waals surface area contributed by atoms with Gasteiger partial charge in [-0.3, -0.25) is 9.59 Å². The number of rotatable bonds is 2. The van der Waals surface area contributed by atoms with Crippen LogP contribution in [0.5, 0.6) is 0 Å². The topological polar surface area (TPSA) is 58.2 Å². The van der Waals surface area contributed by atoms with Crippen LogP contribution in [-0.2, 0) is 9.59 Å². The lowest BCUT2D eigenvalue weighted by atomic mass is 9.61. The van der Waals surface area contributed by atoms with Crippen LogP contribution in [0.25, 0.3) is 0 Å². The van der Waals surface area contributed by atoms with Gasteiger partial charge in [0, 0.05) is 11.1 Å². The molecule has 3 aliphatic carbocycles. The van der Waals surface area contributed by atoms with Crippen LogP contribution in [-0.4, -0.2) is 22.9 Å². The molecule has 2 amide bonds. The number of amides is 2. The fourth-order valence-corrected chi connectivity index (χ4v) is 3.61. The maximum absolute atomic E-state index is 12.8. The zero-order valence-electron chi connectivity index (χ0n) is 14.7. The Morgan fingerprint density at radius 2 is 1.09 bits per heavy atom. The molecule has 4 atom stereocenters. The summed E-state index contributed by atoms with van der Waals surface area (Å²) in [5.41, 5.74) is -0.551. The molecule has 0 heterocycles. The van der Waals surface area contributed by atoms with Gasteiger partial charge in [-0.05, 0) is 66.2 Å². The molecule has 4 unspecified atom stereocenters. The highest BCUT2D eigenvalue weighted by molar-refractivity contribution is 5.89. The van der Waals surface area contributed by atoms with Crippen molar-refractivity contribution in [1.29, 1.82) is 0 Å². The number of hydrogen-bond donors (Lipinski definition) is 2. The highest BCUT2D eigenvalue weighted by Gasteiger charge is 2.48. The van der Waals surface area contributed by atoms with Crippen LogP contribution in [0.1, 0.15) is 54.4 Å². The second-order valence-corrected chi connectivity index (χ2v) is 8.82. The van der Waals surface area contributed by atoms with Crippen LogP contribution in [0.3, 0.4) is 0 Å². The Hall–Kier alpha value is -1.32. The molecule has 2 N–H and O–H groups in total. The van der Waals surface area contributed by atoms with E-state index in [9.17, 15) is 9.59 Å². The van der Waals surface area contributed by atoms with Gasteiger partial charge in [0.1, 0.15) is 0 Å². The van der Waals surface area contributed by atoms with Crippen molar-refractivity contribution in [1.82, 2.24) is 10.6 Å². The summed E-state index contributed by atoms with van der Waals surface area (Å²) < 4.78 is 0. The summed E-state index contributed by atoms with van der Waals surface area (Å²) >= 11 is 0. The lowest BCUT2D eigenvalue weighted by molar-refractivity contribution is -0.142. The minimum atomic E-state index is -0.275. The van der Waals surface area contributed by atoms with E-state index in [1.165, 1.54) is 0 Å². The molecular formula is C18H30N2O2. The third kappa shape index (κ3) is 3.90. The molecule has 124 valence electrons. The first-order valence-corrected chi connectivity index (χ1v) is 8.30. The predicted octanol–water partition coefficient (Wildman–Crippen LogP) is 2.64. The Bertz CT molecular complexity index is 438. The fourth-order valence-electron chi connectivity index (χ4n) is 3.61. The summed E-state index contributed by atoms with van der Waals surface area (Å²) in [5.74, 6) is -0.0944. The minimum Gasteiger partial charge on any atom is -0.351 e. The molecule has 0 radical (unpaired) electrons. The van der Waals surface area contributed by atoms with Crippen molar-refractivity contribution in [3.63, 3.8) is 0 Å². The third-order valence-corrected chi connectivity index (χ3v) is 4.35. The zero-order chi connectivity index (χ0) is 16.7. The van der Waals surface area contributed by atoms with E-state index >= 15 is 0 Å². The number of carbonyl (C=O) groups excluding carboxylic acids is 2. The van der Waals surface area contributed by atoms with Crippen molar-refractivity contribution in [2.75, 3.05) is 0 Å². The van der Waals surface area contributed by atoms with Gasteiger partial charge in [-0.15, -0.1) is 0 Å². The molecule has 4 nitrogen and oxygen atoms in total. The Balaban J connectivity index is 2.23. The van der Waals surface area contributed by atoms with E-state index in [2.05, 4.69) is 22.8 Å². The Morgan fingerprint density at radius 3 is 1.32 bits per heavy atom. The fraction of sp³-hybridized carbons (Fsp3) is 0.778. The molecule has 0 aliphatic heterocycles. The van der Waals surface area contributed by atoms with Crippen molar-refractivity contribution < 1.29 is 9.59 Å². The summed E-state index contributed by atoms with van der Waals surface area (Å²) in [7, 11) is 0. The molecule has 0 aromatic rings. The van der Waals surface area contributed by atoms with Crippen molar-refractivity contribution in [2.24, 2.45) is 23.7 Å². The van der Waals surface area contributed by atoms with E-state index in [0.29, 0.717) is 0 Å². The molecule has 0 aromatic carbocycles. The Labute approximate surface area is 134 Å². The standard InChI is InChI=1S/C18H30N2O2/c1-17(2,3)19-15(21)13-11-7-9-12(10-8-11)14(13)16(22)20-18(4,5)6/h7,9,11-14H,8,10H2,1-6H3,(H,19,21)(H,20,22). The molecule has 2 bridgehead atoms. The van der Waals surface area contributed by atoms with Crippen LogP contribution < -0.4 is 10.6 Å². The number of allylic oxidation sites excluding steroid dienone is 2. The highest BCUT2D eigenvalue weighted by atomic mass is 16.2. The first kappa shape index (κ1) is 17.0. The van der Waals surface area contributed by atoms with E-state index in [0.717, 1.165) is 12.8 Å². The summed E-state index contributed by atoms with van der Waals surface area (Å²) in [5, 5.41) is 6.14. The van der Waals surface area contributed by atoms with E-state index in [-0.39, 0.29) is 46.6 Å². The van der Waals surface area contributed by atoms with Crippen molar-refractivity contribution in [2.45, 2.75) is 65.5 Å². The van der Waals surface area contributed by atoms with E-state index in [1.807, 2.05) is 41.5 Å². The second kappa shape index (κ2) is 5.71. The van der Waals surface area contributed by atoms with Crippen molar-refractivity contribution in [3.05, 3.63) is 12.2 Å². The first-order valence-electron chi connectivity index (χ1n) is 8.30. The van der Waals surface area contributed by atoms with Gasteiger partial charge < -0.3 is 10.6 Å². The van der Waals surface area contributed by atoms with Crippen LogP contribution in [0.2, 0.25) is 0 Å². The Morgan fingerprint density at radius 1 is 0.773 bits per heavy atom. The van der Waals surface area contributed by atoms with E-state index < -0.39 is 0 Å². The van der Waals surface area contributed by atoms with Gasteiger partial charge in [-0.25, -0.2) is 0 Å². The van der Waals surface area contributed by atoms with Gasteiger partial charge in [0.15, 0.2) is 0 Å². The molecular weight excluding hydrogens is 276 g/mol. The molecule has 4 heteroatoms. The SMILES string of the molecule is CC(C)(C)NC(=O)C1C2C=CC(CC2)C1C(=O)NC(C)(C)C. The summed E-state index contributed by atoms with van der Waals surface area (Å²) in [6, 6.07) is 0. The highest BCUT2D eigenvalue weighted by Crippen LogP contribution is 2.45. The van der Waals surface area contributed by atoms with Gasteiger partial charge in [-0.1, -0.05) is 12.2 Å². The van der Waals surface area contributed by atoms with Crippen molar-refractivity contribution >= 4 is 11.8 Å². The predicted molar refractivity (Wildman–Crippen MR) is 88.1 cm³/mol. The van der Waals surface area contributed by atoms with Gasteiger partial charge in [0.25, 0.3) is 0 Å². The van der Waals surface area contributed by atoms with Gasteiger partial charge in [0.05, 0.1) is 11.8 Å². The van der Waals surface area contributed by atoms with Crippen LogP contribution in [0.4, 0.5) is 0 Å². The summed E-state index contributed by atoms with van der Waals surface area (Å²) in [6.07, 6.45) is 6.29. The molecule has 1 fully saturated rings. The lowest BCUT2D eigenvalue weighted by Gasteiger charge is -2.44. The number of fused-ring (bicyclic) bond motifs is 2. The molecule has 3 aliphatic rings. The Kier molecular flexibility index (Phi) is 4.42. The van der Waals surface area contributed by atoms with Gasteiger partial charge >= 0.3 is 0 Å². The number of hydrogen-bond acceptors (Lipinski definition) is 2. The second-order valence-electron chi connectivity index (χ2n) is 8.82. The molecule has 3 rings (SSSR count). The van der Waals surface area contributed by atoms with Crippen LogP contribution in [0.15, 0.2) is 12.2 Å². The number of nitrogens with one attached hydrogen (secondary N) is 2. The van der Waals surface area contributed by atoms with E-state index in [4.69, 9.17) is 0 Å². The quantitative estimate of drug-likeness (QED) is 0.771. The summed E-state index contributed by atoms with van der Waals surface area (Å²) in [4.78, 5) is 25.5. The van der Waals surface area contributed by atoms with Gasteiger partial charge in [0.2, 0.25) is 11.8 Å². The first-order chi connectivity index (χ1) is 9.98. The zero-order valence-corrected chi connectivity index (χ0v) is 14.7. The average Bonchev–Trinajstić information content (AvgIpc) is 2.34. The largest absolute Gasteiger partial charge is 0.351 e. The minimum absolute atomic E-state index is 0.0145. The maximum atomic E-state index is 12.8. The average molecular weight is 306 g/mol. The summed E-state index contributed by atoms with van der Waals surface area (Å²) in [6.45, 7) is 11.9. The molecule has 0 saturated heterocycles. The van der Waals surface area contributed by atoms with Gasteiger partial charge in [-0.2, -0.15) is 0 Å². The van der Waals surface area contributed by atoms with Crippen LogP contribution in [0, 0.1) is 23.7 Å². The normalized spacial score (nSPS) is 31.0. The van der Waals surface area contributed by atoms with Crippen LogP contribution >= 0.6 is 0 Å².